The van der Waals surface area contributed by atoms with Gasteiger partial charge in [-0.3, -0.25) is 4.79 Å². The van der Waals surface area contributed by atoms with Crippen LogP contribution in [-0.2, 0) is 14.3 Å². The molecule has 1 aromatic carbocycles. The maximum Gasteiger partial charge on any atom is 0.319 e. The summed E-state index contributed by atoms with van der Waals surface area (Å²) < 4.78 is 16.5. The number of carbonyl (C=O) groups excluding carboxylic acids is 1. The average Bonchev–Trinajstić information content (AvgIpc) is 2.65. The fourth-order valence-corrected chi connectivity index (χ4v) is 2.56. The molecule has 1 aromatic rings. The minimum atomic E-state index is -0.493. The zero-order chi connectivity index (χ0) is 18.1. The van der Waals surface area contributed by atoms with Crippen LogP contribution in [0.25, 0.3) is 0 Å². The maximum absolute atomic E-state index is 12.2. The Morgan fingerprint density at radius 1 is 1.16 bits per heavy atom. The maximum atomic E-state index is 12.2. The molecular formula is C19H22N2O4. The zero-order valence-corrected chi connectivity index (χ0v) is 14.4. The van der Waals surface area contributed by atoms with Crippen molar-refractivity contribution in [3.63, 3.8) is 0 Å². The molecule has 0 amide bonds. The van der Waals surface area contributed by atoms with Gasteiger partial charge < -0.3 is 14.2 Å². The number of esters is 1. The summed E-state index contributed by atoms with van der Waals surface area (Å²) >= 11 is 0. The lowest BCUT2D eigenvalue weighted by atomic mass is 10.1. The third kappa shape index (κ3) is 5.56. The molecule has 1 fully saturated rings. The van der Waals surface area contributed by atoms with Gasteiger partial charge in [0, 0.05) is 6.07 Å². The lowest BCUT2D eigenvalue weighted by Gasteiger charge is -2.28. The van der Waals surface area contributed by atoms with Gasteiger partial charge in [-0.25, -0.2) is 0 Å². The molecule has 0 aliphatic carbocycles. The standard InChI is InChI=1S/C19H22N2O4/c1-2-3-4-5-6-18-23-12-16(13-24-18)19(22)25-17-8-7-14(10-20)15(9-17)11-21/h7-9,16,18H,2-6,12-13H2,1H3. The smallest absolute Gasteiger partial charge is 0.319 e. The van der Waals surface area contributed by atoms with E-state index >= 15 is 0 Å². The van der Waals surface area contributed by atoms with E-state index in [1.54, 1.807) is 0 Å². The summed E-state index contributed by atoms with van der Waals surface area (Å²) in [5.41, 5.74) is 0.425. The average molecular weight is 342 g/mol. The first-order chi connectivity index (χ1) is 12.2. The highest BCUT2D eigenvalue weighted by molar-refractivity contribution is 5.75. The summed E-state index contributed by atoms with van der Waals surface area (Å²) in [6, 6.07) is 8.17. The van der Waals surface area contributed by atoms with Crippen LogP contribution in [0.5, 0.6) is 5.75 Å². The molecule has 0 unspecified atom stereocenters. The van der Waals surface area contributed by atoms with Gasteiger partial charge in [0.15, 0.2) is 6.29 Å². The number of rotatable bonds is 7. The Balaban J connectivity index is 1.81. The second-order valence-electron chi connectivity index (χ2n) is 5.99. The Morgan fingerprint density at radius 3 is 2.52 bits per heavy atom. The fraction of sp³-hybridized carbons (Fsp3) is 0.526. The van der Waals surface area contributed by atoms with Gasteiger partial charge in [-0.2, -0.15) is 10.5 Å². The largest absolute Gasteiger partial charge is 0.426 e. The van der Waals surface area contributed by atoms with E-state index in [9.17, 15) is 4.79 Å². The van der Waals surface area contributed by atoms with E-state index < -0.39 is 11.9 Å². The summed E-state index contributed by atoms with van der Waals surface area (Å²) in [5, 5.41) is 17.9. The van der Waals surface area contributed by atoms with Gasteiger partial charge in [-0.05, 0) is 25.0 Å². The SMILES string of the molecule is CCCCCCC1OCC(C(=O)Oc2ccc(C#N)c(C#N)c2)CO1. The van der Waals surface area contributed by atoms with E-state index in [1.807, 2.05) is 12.1 Å². The third-order valence-electron chi connectivity index (χ3n) is 4.04. The molecule has 6 heteroatoms. The monoisotopic (exact) mass is 342 g/mol. The second kappa shape index (κ2) is 9.78. The highest BCUT2D eigenvalue weighted by Crippen LogP contribution is 2.21. The van der Waals surface area contributed by atoms with E-state index in [0.717, 1.165) is 19.3 Å². The van der Waals surface area contributed by atoms with Gasteiger partial charge in [0.25, 0.3) is 0 Å². The first-order valence-corrected chi connectivity index (χ1v) is 8.57. The quantitative estimate of drug-likeness (QED) is 0.429. The minimum absolute atomic E-state index is 0.177. The Hall–Kier alpha value is -2.41. The molecule has 1 heterocycles. The number of hydrogen-bond donors (Lipinski definition) is 0. The predicted molar refractivity (Wildman–Crippen MR) is 89.4 cm³/mol. The number of nitrogens with zero attached hydrogens (tertiary/aromatic N) is 2. The van der Waals surface area contributed by atoms with Crippen LogP contribution < -0.4 is 4.74 Å². The van der Waals surface area contributed by atoms with Crippen LogP contribution in [0.2, 0.25) is 0 Å². The molecule has 132 valence electrons. The van der Waals surface area contributed by atoms with Crippen molar-refractivity contribution in [2.45, 2.75) is 45.3 Å². The number of nitriles is 2. The molecule has 6 nitrogen and oxygen atoms in total. The van der Waals surface area contributed by atoms with Crippen molar-refractivity contribution >= 4 is 5.97 Å². The van der Waals surface area contributed by atoms with Crippen LogP contribution in [-0.4, -0.2) is 25.5 Å². The highest BCUT2D eigenvalue weighted by Gasteiger charge is 2.29. The highest BCUT2D eigenvalue weighted by atomic mass is 16.7. The van der Waals surface area contributed by atoms with Crippen molar-refractivity contribution in [1.29, 1.82) is 10.5 Å². The van der Waals surface area contributed by atoms with Crippen molar-refractivity contribution < 1.29 is 19.0 Å². The van der Waals surface area contributed by atoms with Crippen LogP contribution in [0.3, 0.4) is 0 Å². The lowest BCUT2D eigenvalue weighted by molar-refractivity contribution is -0.208. The molecule has 25 heavy (non-hydrogen) atoms. The second-order valence-corrected chi connectivity index (χ2v) is 5.99. The molecule has 0 saturated carbocycles. The van der Waals surface area contributed by atoms with Gasteiger partial charge in [-0.15, -0.1) is 0 Å². The Morgan fingerprint density at radius 2 is 1.88 bits per heavy atom. The Kier molecular flexibility index (Phi) is 7.40. The molecule has 1 aliphatic heterocycles. The Bertz CT molecular complexity index is 667. The molecule has 0 atom stereocenters. The van der Waals surface area contributed by atoms with Gasteiger partial charge in [-0.1, -0.05) is 26.2 Å². The molecule has 0 bridgehead atoms. The zero-order valence-electron chi connectivity index (χ0n) is 14.4. The van der Waals surface area contributed by atoms with Crippen LogP contribution in [0.15, 0.2) is 18.2 Å². The van der Waals surface area contributed by atoms with Gasteiger partial charge >= 0.3 is 5.97 Å². The van der Waals surface area contributed by atoms with Gasteiger partial charge in [0.2, 0.25) is 0 Å². The van der Waals surface area contributed by atoms with Crippen molar-refractivity contribution in [3.8, 4) is 17.9 Å². The van der Waals surface area contributed by atoms with E-state index in [4.69, 9.17) is 24.7 Å². The third-order valence-corrected chi connectivity index (χ3v) is 4.04. The molecule has 1 aliphatic rings. The van der Waals surface area contributed by atoms with Crippen molar-refractivity contribution in [3.05, 3.63) is 29.3 Å². The van der Waals surface area contributed by atoms with Crippen LogP contribution in [0, 0.1) is 28.6 Å². The normalized spacial score (nSPS) is 19.6. The first-order valence-electron chi connectivity index (χ1n) is 8.57. The number of hydrogen-bond acceptors (Lipinski definition) is 6. The molecule has 0 aromatic heterocycles. The van der Waals surface area contributed by atoms with E-state index in [2.05, 4.69) is 6.92 Å². The number of unbranched alkanes of at least 4 members (excludes halogenated alkanes) is 3. The number of carbonyl (C=O) groups is 1. The van der Waals surface area contributed by atoms with Gasteiger partial charge in [0.05, 0.1) is 24.3 Å². The summed E-state index contributed by atoms with van der Waals surface area (Å²) in [7, 11) is 0. The summed E-state index contributed by atoms with van der Waals surface area (Å²) in [6.07, 6.45) is 5.19. The lowest BCUT2D eigenvalue weighted by Crippen LogP contribution is -2.38. The van der Waals surface area contributed by atoms with E-state index in [0.29, 0.717) is 0 Å². The van der Waals surface area contributed by atoms with Crippen molar-refractivity contribution in [1.82, 2.24) is 0 Å². The number of ether oxygens (including phenoxy) is 3. The van der Waals surface area contributed by atoms with E-state index in [1.165, 1.54) is 31.0 Å². The molecule has 0 N–H and O–H groups in total. The van der Waals surface area contributed by atoms with Gasteiger partial charge in [0.1, 0.15) is 23.8 Å². The first kappa shape index (κ1) is 18.9. The molecular weight excluding hydrogens is 320 g/mol. The molecule has 1 saturated heterocycles. The Labute approximate surface area is 147 Å². The van der Waals surface area contributed by atoms with Crippen LogP contribution in [0.4, 0.5) is 0 Å². The molecule has 2 rings (SSSR count). The number of benzene rings is 1. The topological polar surface area (TPSA) is 92.3 Å². The molecule has 0 radical (unpaired) electrons. The van der Waals surface area contributed by atoms with E-state index in [-0.39, 0.29) is 36.4 Å². The summed E-state index contributed by atoms with van der Waals surface area (Å²) in [5.74, 6) is -0.714. The van der Waals surface area contributed by atoms with Crippen LogP contribution in [0.1, 0.15) is 50.2 Å². The fourth-order valence-electron chi connectivity index (χ4n) is 2.56. The van der Waals surface area contributed by atoms with Crippen molar-refractivity contribution in [2.75, 3.05) is 13.2 Å². The molecule has 0 spiro atoms. The van der Waals surface area contributed by atoms with Crippen molar-refractivity contribution in [2.24, 2.45) is 5.92 Å². The summed E-state index contributed by atoms with van der Waals surface area (Å²) in [4.78, 5) is 12.2. The minimum Gasteiger partial charge on any atom is -0.426 e. The summed E-state index contributed by atoms with van der Waals surface area (Å²) in [6.45, 7) is 2.69. The van der Waals surface area contributed by atoms with Crippen LogP contribution >= 0.6 is 0 Å². The predicted octanol–water partition coefficient (Wildman–Crippen LogP) is 3.29.